The molecule has 6 heteroatoms. The molecule has 2 fully saturated rings. The van der Waals surface area contributed by atoms with Crippen LogP contribution in [0.1, 0.15) is 32.1 Å². The maximum absolute atomic E-state index is 12.0. The summed E-state index contributed by atoms with van der Waals surface area (Å²) < 4.78 is 1.68. The summed E-state index contributed by atoms with van der Waals surface area (Å²) in [6, 6.07) is 3.13. The van der Waals surface area contributed by atoms with Crippen LogP contribution in [0.2, 0.25) is 0 Å². The molecular formula is C13H21ClN4O. The van der Waals surface area contributed by atoms with Crippen molar-refractivity contribution >= 4 is 24.1 Å². The molecule has 1 amide bonds. The Kier molecular flexibility index (Phi) is 4.47. The summed E-state index contributed by atoms with van der Waals surface area (Å²) in [4.78, 5) is 12.0. The van der Waals surface area contributed by atoms with E-state index < -0.39 is 0 Å². The highest BCUT2D eigenvalue weighted by Crippen LogP contribution is 2.32. The highest BCUT2D eigenvalue weighted by Gasteiger charge is 2.34. The number of aromatic nitrogens is 2. The van der Waals surface area contributed by atoms with E-state index in [4.69, 9.17) is 0 Å². The number of piperidine rings is 1. The fourth-order valence-corrected chi connectivity index (χ4v) is 3.29. The van der Waals surface area contributed by atoms with Gasteiger partial charge in [0.15, 0.2) is 0 Å². The van der Waals surface area contributed by atoms with Crippen molar-refractivity contribution in [3.05, 3.63) is 12.3 Å². The summed E-state index contributed by atoms with van der Waals surface area (Å²) in [7, 11) is 1.83. The Hall–Kier alpha value is -1.07. The molecule has 2 aliphatic rings. The third-order valence-corrected chi connectivity index (χ3v) is 4.13. The van der Waals surface area contributed by atoms with E-state index in [1.807, 2.05) is 13.1 Å². The summed E-state index contributed by atoms with van der Waals surface area (Å²) in [5.41, 5.74) is 0. The van der Waals surface area contributed by atoms with Crippen LogP contribution in [0.4, 0.5) is 5.82 Å². The molecule has 0 aromatic carbocycles. The van der Waals surface area contributed by atoms with E-state index >= 15 is 0 Å². The second-order valence-electron chi connectivity index (χ2n) is 5.57. The van der Waals surface area contributed by atoms with Crippen molar-refractivity contribution in [2.24, 2.45) is 13.0 Å². The zero-order valence-corrected chi connectivity index (χ0v) is 11.9. The van der Waals surface area contributed by atoms with Gasteiger partial charge in [-0.2, -0.15) is 5.10 Å². The summed E-state index contributed by atoms with van der Waals surface area (Å²) in [5.74, 6) is 1.43. The van der Waals surface area contributed by atoms with Crippen molar-refractivity contribution < 1.29 is 4.79 Å². The lowest BCUT2D eigenvalue weighted by molar-refractivity contribution is -0.117. The second kappa shape index (κ2) is 5.92. The Morgan fingerprint density at radius 3 is 2.74 bits per heavy atom. The number of halogens is 1. The smallest absolute Gasteiger partial charge is 0.225 e. The number of fused-ring (bicyclic) bond motifs is 2. The molecule has 2 saturated heterocycles. The predicted molar refractivity (Wildman–Crippen MR) is 76.4 cm³/mol. The minimum Gasteiger partial charge on any atom is -0.311 e. The zero-order valence-electron chi connectivity index (χ0n) is 11.1. The number of hydrogen-bond donors (Lipinski definition) is 2. The normalized spacial score (nSPS) is 28.8. The molecule has 2 unspecified atom stereocenters. The number of hydrogen-bond acceptors (Lipinski definition) is 3. The van der Waals surface area contributed by atoms with Gasteiger partial charge in [0.05, 0.1) is 6.20 Å². The molecule has 0 spiro atoms. The first kappa shape index (κ1) is 14.3. The van der Waals surface area contributed by atoms with Gasteiger partial charge in [-0.15, -0.1) is 12.4 Å². The Morgan fingerprint density at radius 1 is 1.47 bits per heavy atom. The molecule has 5 nitrogen and oxygen atoms in total. The third-order valence-electron chi connectivity index (χ3n) is 4.13. The summed E-state index contributed by atoms with van der Waals surface area (Å²) in [6.07, 6.45) is 7.19. The number of carbonyl (C=O) groups excluding carboxylic acids is 1. The van der Waals surface area contributed by atoms with Gasteiger partial charge >= 0.3 is 0 Å². The van der Waals surface area contributed by atoms with E-state index in [1.54, 1.807) is 10.9 Å². The lowest BCUT2D eigenvalue weighted by Crippen LogP contribution is -2.39. The van der Waals surface area contributed by atoms with E-state index in [2.05, 4.69) is 15.7 Å². The fraction of sp³-hybridized carbons (Fsp3) is 0.692. The summed E-state index contributed by atoms with van der Waals surface area (Å²) >= 11 is 0. The maximum atomic E-state index is 12.0. The second-order valence-corrected chi connectivity index (χ2v) is 5.57. The first-order valence-corrected chi connectivity index (χ1v) is 6.74. The molecule has 0 saturated carbocycles. The number of nitrogens with zero attached hydrogens (tertiary/aromatic N) is 2. The monoisotopic (exact) mass is 284 g/mol. The van der Waals surface area contributed by atoms with Gasteiger partial charge in [0, 0.05) is 31.6 Å². The average Bonchev–Trinajstić information content (AvgIpc) is 2.86. The molecular weight excluding hydrogens is 264 g/mol. The minimum absolute atomic E-state index is 0. The van der Waals surface area contributed by atoms with E-state index in [0.29, 0.717) is 24.4 Å². The molecule has 0 radical (unpaired) electrons. The Morgan fingerprint density at radius 2 is 2.16 bits per heavy atom. The van der Waals surface area contributed by atoms with Crippen LogP contribution in [-0.2, 0) is 11.8 Å². The molecule has 2 bridgehead atoms. The SMILES string of the molecule is Cl.Cn1nccc1NC(=O)CC1CC2CCC(C1)N2. The van der Waals surface area contributed by atoms with Crippen LogP contribution in [0.25, 0.3) is 0 Å². The standard InChI is InChI=1S/C13H20N4O.ClH/c1-17-12(4-5-14-17)16-13(18)8-9-6-10-2-3-11(7-9)15-10;/h4-5,9-11,15H,2-3,6-8H2,1H3,(H,16,18);1H. The van der Waals surface area contributed by atoms with Crippen LogP contribution < -0.4 is 10.6 Å². The number of anilines is 1. The summed E-state index contributed by atoms with van der Waals surface area (Å²) in [5, 5.41) is 10.6. The molecule has 2 aliphatic heterocycles. The first-order valence-electron chi connectivity index (χ1n) is 6.74. The summed E-state index contributed by atoms with van der Waals surface area (Å²) in [6.45, 7) is 0. The van der Waals surface area contributed by atoms with Crippen molar-refractivity contribution in [3.63, 3.8) is 0 Å². The third kappa shape index (κ3) is 3.28. The number of aryl methyl sites for hydroxylation is 1. The zero-order chi connectivity index (χ0) is 12.5. The van der Waals surface area contributed by atoms with Gasteiger partial charge in [0.1, 0.15) is 5.82 Å². The number of rotatable bonds is 3. The van der Waals surface area contributed by atoms with E-state index in [0.717, 1.165) is 18.7 Å². The molecule has 1 aromatic heterocycles. The van der Waals surface area contributed by atoms with Gasteiger partial charge in [-0.25, -0.2) is 0 Å². The van der Waals surface area contributed by atoms with E-state index in [9.17, 15) is 4.79 Å². The molecule has 19 heavy (non-hydrogen) atoms. The van der Waals surface area contributed by atoms with Crippen LogP contribution in [0.15, 0.2) is 12.3 Å². The molecule has 2 N–H and O–H groups in total. The van der Waals surface area contributed by atoms with Gasteiger partial charge in [-0.1, -0.05) is 0 Å². The molecule has 1 aromatic rings. The van der Waals surface area contributed by atoms with Crippen LogP contribution in [0, 0.1) is 5.92 Å². The number of nitrogens with one attached hydrogen (secondary N) is 2. The Bertz CT molecular complexity index is 436. The van der Waals surface area contributed by atoms with Crippen molar-refractivity contribution in [1.29, 1.82) is 0 Å². The molecule has 2 atom stereocenters. The number of amides is 1. The van der Waals surface area contributed by atoms with Crippen LogP contribution in [0.3, 0.4) is 0 Å². The molecule has 106 valence electrons. The maximum Gasteiger partial charge on any atom is 0.225 e. The highest BCUT2D eigenvalue weighted by atomic mass is 35.5. The van der Waals surface area contributed by atoms with Crippen LogP contribution in [-0.4, -0.2) is 27.8 Å². The topological polar surface area (TPSA) is 59.0 Å². The fourth-order valence-electron chi connectivity index (χ4n) is 3.29. The predicted octanol–water partition coefficient (Wildman–Crippen LogP) is 1.70. The van der Waals surface area contributed by atoms with Crippen molar-refractivity contribution in [3.8, 4) is 0 Å². The van der Waals surface area contributed by atoms with E-state index in [-0.39, 0.29) is 18.3 Å². The van der Waals surface area contributed by atoms with Crippen molar-refractivity contribution in [2.45, 2.75) is 44.2 Å². The quantitative estimate of drug-likeness (QED) is 0.888. The largest absolute Gasteiger partial charge is 0.311 e. The van der Waals surface area contributed by atoms with Crippen LogP contribution >= 0.6 is 12.4 Å². The average molecular weight is 285 g/mol. The van der Waals surface area contributed by atoms with Gasteiger partial charge < -0.3 is 10.6 Å². The molecule has 0 aliphatic carbocycles. The highest BCUT2D eigenvalue weighted by molar-refractivity contribution is 5.89. The Labute approximate surface area is 119 Å². The first-order chi connectivity index (χ1) is 8.70. The minimum atomic E-state index is 0. The Balaban J connectivity index is 0.00000133. The van der Waals surface area contributed by atoms with Crippen molar-refractivity contribution in [2.75, 3.05) is 5.32 Å². The lowest BCUT2D eigenvalue weighted by Gasteiger charge is -2.28. The molecule has 3 rings (SSSR count). The number of carbonyl (C=O) groups is 1. The van der Waals surface area contributed by atoms with Gasteiger partial charge in [0.2, 0.25) is 5.91 Å². The van der Waals surface area contributed by atoms with Crippen LogP contribution in [0.5, 0.6) is 0 Å². The molecule has 3 heterocycles. The van der Waals surface area contributed by atoms with Gasteiger partial charge in [0.25, 0.3) is 0 Å². The van der Waals surface area contributed by atoms with E-state index in [1.165, 1.54) is 12.8 Å². The lowest BCUT2D eigenvalue weighted by atomic mass is 9.89. The van der Waals surface area contributed by atoms with Crippen molar-refractivity contribution in [1.82, 2.24) is 15.1 Å². The van der Waals surface area contributed by atoms with Gasteiger partial charge in [-0.05, 0) is 31.6 Å². The van der Waals surface area contributed by atoms with Gasteiger partial charge in [-0.3, -0.25) is 9.48 Å².